The number of methoxy groups -OCH3 is 1. The van der Waals surface area contributed by atoms with Gasteiger partial charge in [0.1, 0.15) is 5.75 Å². The molecular formula is C15H18INO4. The van der Waals surface area contributed by atoms with Gasteiger partial charge in [0.05, 0.1) is 13.0 Å². The largest absolute Gasteiger partial charge is 0.484 e. The SMILES string of the molecule is COC(=O)C1CCN(C(=O)COc2ccc(I)cc2)CC1. The summed E-state index contributed by atoms with van der Waals surface area (Å²) in [6, 6.07) is 7.56. The van der Waals surface area contributed by atoms with Crippen molar-refractivity contribution in [3.63, 3.8) is 0 Å². The fourth-order valence-electron chi connectivity index (χ4n) is 2.30. The summed E-state index contributed by atoms with van der Waals surface area (Å²) in [5.74, 6) is 0.374. The van der Waals surface area contributed by atoms with Gasteiger partial charge in [0.25, 0.3) is 5.91 Å². The number of halogens is 1. The lowest BCUT2D eigenvalue weighted by Crippen LogP contribution is -2.42. The van der Waals surface area contributed by atoms with Gasteiger partial charge in [-0.2, -0.15) is 0 Å². The maximum Gasteiger partial charge on any atom is 0.308 e. The van der Waals surface area contributed by atoms with Gasteiger partial charge in [-0.25, -0.2) is 0 Å². The minimum absolute atomic E-state index is 0.0312. The van der Waals surface area contributed by atoms with Gasteiger partial charge in [0, 0.05) is 16.7 Å². The molecule has 1 aliphatic rings. The Balaban J connectivity index is 1.77. The summed E-state index contributed by atoms with van der Waals surface area (Å²) in [5.41, 5.74) is 0. The number of carbonyl (C=O) groups excluding carboxylic acids is 2. The molecule has 1 aliphatic heterocycles. The first kappa shape index (κ1) is 16.1. The number of piperidine rings is 1. The van der Waals surface area contributed by atoms with Crippen LogP contribution in [0, 0.1) is 9.49 Å². The van der Waals surface area contributed by atoms with E-state index in [9.17, 15) is 9.59 Å². The van der Waals surface area contributed by atoms with Gasteiger partial charge >= 0.3 is 5.97 Å². The van der Waals surface area contributed by atoms with Crippen molar-refractivity contribution in [2.24, 2.45) is 5.92 Å². The highest BCUT2D eigenvalue weighted by molar-refractivity contribution is 14.1. The Bertz CT molecular complexity index is 495. The average Bonchev–Trinajstić information content (AvgIpc) is 2.53. The van der Waals surface area contributed by atoms with Crippen LogP contribution < -0.4 is 4.74 Å². The van der Waals surface area contributed by atoms with Crippen LogP contribution in [0.25, 0.3) is 0 Å². The molecule has 6 heteroatoms. The van der Waals surface area contributed by atoms with Gasteiger partial charge < -0.3 is 14.4 Å². The molecule has 5 nitrogen and oxygen atoms in total. The van der Waals surface area contributed by atoms with E-state index in [0.29, 0.717) is 31.7 Å². The van der Waals surface area contributed by atoms with Gasteiger partial charge in [-0.1, -0.05) is 0 Å². The Morgan fingerprint density at radius 3 is 2.43 bits per heavy atom. The van der Waals surface area contributed by atoms with E-state index in [1.807, 2.05) is 24.3 Å². The molecule has 0 aromatic heterocycles. The lowest BCUT2D eigenvalue weighted by molar-refractivity contribution is -0.149. The third-order valence-corrected chi connectivity index (χ3v) is 4.28. The molecule has 1 fully saturated rings. The van der Waals surface area contributed by atoms with Crippen LogP contribution >= 0.6 is 22.6 Å². The summed E-state index contributed by atoms with van der Waals surface area (Å²) in [5, 5.41) is 0. The minimum Gasteiger partial charge on any atom is -0.484 e. The molecule has 0 unspecified atom stereocenters. The Morgan fingerprint density at radius 1 is 1.24 bits per heavy atom. The normalized spacial score (nSPS) is 15.6. The van der Waals surface area contributed by atoms with Crippen LogP contribution in [0.15, 0.2) is 24.3 Å². The Morgan fingerprint density at radius 2 is 1.86 bits per heavy atom. The Kier molecular flexibility index (Phi) is 5.84. The molecule has 0 saturated carbocycles. The molecule has 0 spiro atoms. The van der Waals surface area contributed by atoms with Crippen molar-refractivity contribution in [2.75, 3.05) is 26.8 Å². The first-order valence-corrected chi connectivity index (χ1v) is 7.92. The molecule has 1 heterocycles. The highest BCUT2D eigenvalue weighted by atomic mass is 127. The van der Waals surface area contributed by atoms with E-state index in [2.05, 4.69) is 22.6 Å². The summed E-state index contributed by atoms with van der Waals surface area (Å²) in [4.78, 5) is 25.2. The van der Waals surface area contributed by atoms with E-state index < -0.39 is 0 Å². The summed E-state index contributed by atoms with van der Waals surface area (Å²) in [6.07, 6.45) is 1.31. The highest BCUT2D eigenvalue weighted by Gasteiger charge is 2.27. The zero-order valence-corrected chi connectivity index (χ0v) is 14.0. The number of nitrogens with zero attached hydrogens (tertiary/aromatic N) is 1. The molecule has 2 rings (SSSR count). The number of hydrogen-bond acceptors (Lipinski definition) is 4. The van der Waals surface area contributed by atoms with Crippen molar-refractivity contribution in [2.45, 2.75) is 12.8 Å². The summed E-state index contributed by atoms with van der Waals surface area (Å²) in [7, 11) is 1.40. The zero-order chi connectivity index (χ0) is 15.2. The van der Waals surface area contributed by atoms with Crippen molar-refractivity contribution < 1.29 is 19.1 Å². The van der Waals surface area contributed by atoms with Crippen molar-refractivity contribution in [1.82, 2.24) is 4.90 Å². The molecular weight excluding hydrogens is 385 g/mol. The molecule has 0 aliphatic carbocycles. The van der Waals surface area contributed by atoms with Crippen molar-refractivity contribution in [3.05, 3.63) is 27.8 Å². The van der Waals surface area contributed by atoms with Crippen LogP contribution in [0.5, 0.6) is 5.75 Å². The van der Waals surface area contributed by atoms with Crippen LogP contribution in [0.1, 0.15) is 12.8 Å². The lowest BCUT2D eigenvalue weighted by Gasteiger charge is -2.30. The number of ether oxygens (including phenoxy) is 2. The zero-order valence-electron chi connectivity index (χ0n) is 11.9. The number of carbonyl (C=O) groups is 2. The second kappa shape index (κ2) is 7.63. The number of benzene rings is 1. The van der Waals surface area contributed by atoms with E-state index in [1.54, 1.807) is 4.90 Å². The average molecular weight is 403 g/mol. The van der Waals surface area contributed by atoms with Gasteiger partial charge in [0.15, 0.2) is 6.61 Å². The number of likely N-dealkylation sites (tertiary alicyclic amines) is 1. The van der Waals surface area contributed by atoms with E-state index in [0.717, 1.165) is 3.57 Å². The van der Waals surface area contributed by atoms with Crippen molar-refractivity contribution in [3.8, 4) is 5.75 Å². The van der Waals surface area contributed by atoms with Gasteiger partial charge in [-0.15, -0.1) is 0 Å². The topological polar surface area (TPSA) is 55.8 Å². The maximum atomic E-state index is 12.1. The molecule has 0 N–H and O–H groups in total. The van der Waals surface area contributed by atoms with Crippen LogP contribution in [0.3, 0.4) is 0 Å². The summed E-state index contributed by atoms with van der Waals surface area (Å²) < 4.78 is 11.3. The van der Waals surface area contributed by atoms with Crippen molar-refractivity contribution >= 4 is 34.5 Å². The predicted molar refractivity (Wildman–Crippen MR) is 86.0 cm³/mol. The van der Waals surface area contributed by atoms with E-state index >= 15 is 0 Å². The smallest absolute Gasteiger partial charge is 0.308 e. The molecule has 1 saturated heterocycles. The highest BCUT2D eigenvalue weighted by Crippen LogP contribution is 2.19. The summed E-state index contributed by atoms with van der Waals surface area (Å²) >= 11 is 2.22. The van der Waals surface area contributed by atoms with E-state index in [-0.39, 0.29) is 24.4 Å². The second-order valence-corrected chi connectivity index (χ2v) is 6.17. The number of esters is 1. The number of rotatable bonds is 4. The Labute approximate surface area is 137 Å². The van der Waals surface area contributed by atoms with E-state index in [1.165, 1.54) is 7.11 Å². The predicted octanol–water partition coefficient (Wildman–Crippen LogP) is 2.08. The van der Waals surface area contributed by atoms with Gasteiger partial charge in [-0.05, 0) is 59.7 Å². The third-order valence-electron chi connectivity index (χ3n) is 3.56. The molecule has 1 aromatic carbocycles. The minimum atomic E-state index is -0.183. The molecule has 0 radical (unpaired) electrons. The maximum absolute atomic E-state index is 12.1. The third kappa shape index (κ3) is 4.59. The van der Waals surface area contributed by atoms with Gasteiger partial charge in [-0.3, -0.25) is 9.59 Å². The summed E-state index contributed by atoms with van der Waals surface area (Å²) in [6.45, 7) is 1.19. The molecule has 21 heavy (non-hydrogen) atoms. The number of hydrogen-bond donors (Lipinski definition) is 0. The van der Waals surface area contributed by atoms with E-state index in [4.69, 9.17) is 9.47 Å². The molecule has 0 atom stereocenters. The number of amides is 1. The molecule has 0 bridgehead atoms. The molecule has 114 valence electrons. The first-order valence-electron chi connectivity index (χ1n) is 6.84. The van der Waals surface area contributed by atoms with Crippen LogP contribution in [0.4, 0.5) is 0 Å². The first-order chi connectivity index (χ1) is 10.1. The van der Waals surface area contributed by atoms with Crippen LogP contribution in [-0.2, 0) is 14.3 Å². The standard InChI is InChI=1S/C15H18INO4/c1-20-15(19)11-6-8-17(9-7-11)14(18)10-21-13-4-2-12(16)3-5-13/h2-5,11H,6-10H2,1H3. The van der Waals surface area contributed by atoms with Crippen LogP contribution in [0.2, 0.25) is 0 Å². The fourth-order valence-corrected chi connectivity index (χ4v) is 2.66. The second-order valence-electron chi connectivity index (χ2n) is 4.92. The molecule has 1 amide bonds. The quantitative estimate of drug-likeness (QED) is 0.571. The fraction of sp³-hybridized carbons (Fsp3) is 0.467. The monoisotopic (exact) mass is 403 g/mol. The lowest BCUT2D eigenvalue weighted by atomic mass is 9.97. The molecule has 1 aromatic rings. The van der Waals surface area contributed by atoms with Crippen molar-refractivity contribution in [1.29, 1.82) is 0 Å². The Hall–Kier alpha value is -1.31. The van der Waals surface area contributed by atoms with Crippen LogP contribution in [-0.4, -0.2) is 43.6 Å². The van der Waals surface area contributed by atoms with Gasteiger partial charge in [0.2, 0.25) is 0 Å².